The maximum atomic E-state index is 14.7. The summed E-state index contributed by atoms with van der Waals surface area (Å²) in [5.41, 5.74) is -0.481. The Labute approximate surface area is 118 Å². The number of rotatable bonds is 2. The summed E-state index contributed by atoms with van der Waals surface area (Å²) in [6, 6.07) is 10.0. The summed E-state index contributed by atoms with van der Waals surface area (Å²) in [5.74, 6) is -0.512. The smallest absolute Gasteiger partial charge is 0.261 e. The Hall–Kier alpha value is -1.13. The fraction of sp³-hybridized carbons (Fsp3) is 0.500. The van der Waals surface area contributed by atoms with Gasteiger partial charge in [0.2, 0.25) is 5.67 Å². The highest BCUT2D eigenvalue weighted by Gasteiger charge is 2.58. The molecule has 1 aromatic rings. The normalized spacial score (nSPS) is 30.3. The van der Waals surface area contributed by atoms with Gasteiger partial charge in [-0.15, -0.1) is 12.4 Å². The van der Waals surface area contributed by atoms with E-state index in [0.717, 1.165) is 6.54 Å². The standard InChI is InChI=1S/C14H17FN2O.ClH/c1-16-8-12-9-17(10-14(12,15)13(16)18)7-11-5-3-2-4-6-11;/h2-6,12H,7-10H2,1H3;1H/t12-,14-;/m1./s1. The first-order chi connectivity index (χ1) is 8.59. The van der Waals surface area contributed by atoms with Gasteiger partial charge in [0.1, 0.15) is 0 Å². The van der Waals surface area contributed by atoms with Crippen molar-refractivity contribution in [3.63, 3.8) is 0 Å². The molecule has 2 saturated heterocycles. The van der Waals surface area contributed by atoms with Gasteiger partial charge in [-0.3, -0.25) is 9.69 Å². The molecule has 0 N–H and O–H groups in total. The largest absolute Gasteiger partial charge is 0.342 e. The molecule has 0 aromatic heterocycles. The number of carbonyl (C=O) groups excluding carboxylic acids is 1. The monoisotopic (exact) mass is 284 g/mol. The molecule has 2 aliphatic heterocycles. The van der Waals surface area contributed by atoms with Crippen LogP contribution >= 0.6 is 12.4 Å². The summed E-state index contributed by atoms with van der Waals surface area (Å²) in [6.07, 6.45) is 0. The maximum Gasteiger partial charge on any atom is 0.261 e. The number of hydrogen-bond donors (Lipinski definition) is 0. The molecular formula is C14H18ClFN2O. The molecule has 3 nitrogen and oxygen atoms in total. The fourth-order valence-corrected chi connectivity index (χ4v) is 3.11. The van der Waals surface area contributed by atoms with Gasteiger partial charge >= 0.3 is 0 Å². The molecule has 0 saturated carbocycles. The first-order valence-electron chi connectivity index (χ1n) is 6.30. The molecule has 2 heterocycles. The molecule has 104 valence electrons. The first kappa shape index (κ1) is 14.3. The van der Waals surface area contributed by atoms with E-state index in [1.807, 2.05) is 35.2 Å². The van der Waals surface area contributed by atoms with Gasteiger partial charge < -0.3 is 4.90 Å². The number of carbonyl (C=O) groups is 1. The van der Waals surface area contributed by atoms with E-state index in [-0.39, 0.29) is 30.8 Å². The highest BCUT2D eigenvalue weighted by molar-refractivity contribution is 5.88. The summed E-state index contributed by atoms with van der Waals surface area (Å²) in [5, 5.41) is 0. The van der Waals surface area contributed by atoms with Crippen LogP contribution in [0.2, 0.25) is 0 Å². The summed E-state index contributed by atoms with van der Waals surface area (Å²) in [4.78, 5) is 15.4. The van der Waals surface area contributed by atoms with Crippen molar-refractivity contribution in [2.45, 2.75) is 12.2 Å². The Kier molecular flexibility index (Phi) is 3.83. The Balaban J connectivity index is 0.00000133. The van der Waals surface area contributed by atoms with Crippen LogP contribution in [0.5, 0.6) is 0 Å². The quantitative estimate of drug-likeness (QED) is 0.826. The van der Waals surface area contributed by atoms with Crippen LogP contribution < -0.4 is 0 Å². The molecule has 0 radical (unpaired) electrons. The molecule has 3 rings (SSSR count). The summed E-state index contributed by atoms with van der Waals surface area (Å²) >= 11 is 0. The van der Waals surface area contributed by atoms with Crippen molar-refractivity contribution >= 4 is 18.3 Å². The van der Waals surface area contributed by atoms with E-state index in [2.05, 4.69) is 0 Å². The number of benzene rings is 1. The fourth-order valence-electron chi connectivity index (χ4n) is 3.11. The van der Waals surface area contributed by atoms with Crippen LogP contribution in [-0.4, -0.2) is 48.1 Å². The third kappa shape index (κ3) is 2.35. The number of likely N-dealkylation sites (tertiary alicyclic amines) is 2. The Morgan fingerprint density at radius 2 is 2.00 bits per heavy atom. The summed E-state index contributed by atoms with van der Waals surface area (Å²) in [6.45, 7) is 2.16. The van der Waals surface area contributed by atoms with Crippen LogP contribution in [0.1, 0.15) is 5.56 Å². The van der Waals surface area contributed by atoms with Crippen LogP contribution in [0.4, 0.5) is 4.39 Å². The van der Waals surface area contributed by atoms with Crippen molar-refractivity contribution in [1.82, 2.24) is 9.80 Å². The number of halogens is 2. The lowest BCUT2D eigenvalue weighted by molar-refractivity contribution is -0.136. The van der Waals surface area contributed by atoms with E-state index in [1.165, 1.54) is 10.5 Å². The van der Waals surface area contributed by atoms with Crippen molar-refractivity contribution in [2.24, 2.45) is 5.92 Å². The molecule has 19 heavy (non-hydrogen) atoms. The van der Waals surface area contributed by atoms with Crippen LogP contribution in [0.15, 0.2) is 30.3 Å². The molecule has 0 bridgehead atoms. The third-order valence-corrected chi connectivity index (χ3v) is 4.02. The van der Waals surface area contributed by atoms with E-state index in [9.17, 15) is 9.18 Å². The van der Waals surface area contributed by atoms with Crippen LogP contribution in [0, 0.1) is 5.92 Å². The Morgan fingerprint density at radius 1 is 1.32 bits per heavy atom. The number of hydrogen-bond acceptors (Lipinski definition) is 2. The number of amides is 1. The minimum absolute atomic E-state index is 0. The highest BCUT2D eigenvalue weighted by Crippen LogP contribution is 2.39. The second kappa shape index (κ2) is 5.10. The van der Waals surface area contributed by atoms with Crippen molar-refractivity contribution in [3.8, 4) is 0 Å². The van der Waals surface area contributed by atoms with Crippen molar-refractivity contribution in [3.05, 3.63) is 35.9 Å². The van der Waals surface area contributed by atoms with Crippen LogP contribution in [-0.2, 0) is 11.3 Å². The lowest BCUT2D eigenvalue weighted by Crippen LogP contribution is -2.40. The molecule has 2 fully saturated rings. The lowest BCUT2D eigenvalue weighted by atomic mass is 9.97. The maximum absolute atomic E-state index is 14.7. The van der Waals surface area contributed by atoms with Gasteiger partial charge in [0.15, 0.2) is 0 Å². The van der Waals surface area contributed by atoms with Gasteiger partial charge in [-0.25, -0.2) is 4.39 Å². The number of nitrogens with zero attached hydrogens (tertiary/aromatic N) is 2. The predicted octanol–water partition coefficient (Wildman–Crippen LogP) is 1.72. The topological polar surface area (TPSA) is 23.6 Å². The zero-order valence-electron chi connectivity index (χ0n) is 10.9. The van der Waals surface area contributed by atoms with E-state index >= 15 is 0 Å². The zero-order valence-corrected chi connectivity index (χ0v) is 11.7. The predicted molar refractivity (Wildman–Crippen MR) is 73.9 cm³/mol. The first-order valence-corrected chi connectivity index (χ1v) is 6.30. The summed E-state index contributed by atoms with van der Waals surface area (Å²) in [7, 11) is 1.68. The Bertz CT molecular complexity index is 470. The second-order valence-electron chi connectivity index (χ2n) is 5.40. The van der Waals surface area contributed by atoms with Gasteiger partial charge in [0.25, 0.3) is 5.91 Å². The van der Waals surface area contributed by atoms with E-state index in [4.69, 9.17) is 0 Å². The average molecular weight is 285 g/mol. The SMILES string of the molecule is CN1C[C@@H]2CN(Cc3ccccc3)C[C@]2(F)C1=O.Cl. The molecule has 0 spiro atoms. The van der Waals surface area contributed by atoms with Crippen molar-refractivity contribution in [1.29, 1.82) is 0 Å². The summed E-state index contributed by atoms with van der Waals surface area (Å²) < 4.78 is 14.7. The van der Waals surface area contributed by atoms with E-state index in [1.54, 1.807) is 7.05 Å². The lowest BCUT2D eigenvalue weighted by Gasteiger charge is -2.20. The van der Waals surface area contributed by atoms with Crippen molar-refractivity contribution < 1.29 is 9.18 Å². The molecule has 5 heteroatoms. The average Bonchev–Trinajstić information content (AvgIpc) is 2.76. The highest BCUT2D eigenvalue weighted by atomic mass is 35.5. The zero-order chi connectivity index (χ0) is 12.8. The second-order valence-corrected chi connectivity index (χ2v) is 5.40. The van der Waals surface area contributed by atoms with Gasteiger partial charge in [-0.05, 0) is 5.56 Å². The number of alkyl halides is 1. The number of fused-ring (bicyclic) bond motifs is 1. The molecule has 2 aliphatic rings. The Morgan fingerprint density at radius 3 is 2.63 bits per heavy atom. The van der Waals surface area contributed by atoms with Gasteiger partial charge in [0.05, 0.1) is 0 Å². The van der Waals surface area contributed by atoms with Gasteiger partial charge in [-0.1, -0.05) is 30.3 Å². The molecule has 1 aromatic carbocycles. The minimum atomic E-state index is -1.65. The van der Waals surface area contributed by atoms with Gasteiger partial charge in [0, 0.05) is 39.1 Å². The van der Waals surface area contributed by atoms with Crippen LogP contribution in [0.25, 0.3) is 0 Å². The molecule has 0 aliphatic carbocycles. The molecule has 0 unspecified atom stereocenters. The van der Waals surface area contributed by atoms with E-state index in [0.29, 0.717) is 13.1 Å². The van der Waals surface area contributed by atoms with Crippen molar-refractivity contribution in [2.75, 3.05) is 26.7 Å². The third-order valence-electron chi connectivity index (χ3n) is 4.02. The molecular weight excluding hydrogens is 267 g/mol. The molecule has 1 amide bonds. The van der Waals surface area contributed by atoms with Gasteiger partial charge in [-0.2, -0.15) is 0 Å². The molecule has 2 atom stereocenters. The minimum Gasteiger partial charge on any atom is -0.342 e. The van der Waals surface area contributed by atoms with E-state index < -0.39 is 5.67 Å². The van der Waals surface area contributed by atoms with Crippen LogP contribution in [0.3, 0.4) is 0 Å².